The number of amides is 1. The molecule has 0 spiro atoms. The number of aliphatic carboxylic acids is 1. The Morgan fingerprint density at radius 2 is 1.96 bits per heavy atom. The molecule has 1 aliphatic rings. The number of benzene rings is 1. The Balaban J connectivity index is 2.39. The Labute approximate surface area is 164 Å². The van der Waals surface area contributed by atoms with Gasteiger partial charge in [-0.3, -0.25) is 4.79 Å². The van der Waals surface area contributed by atoms with E-state index in [0.29, 0.717) is 29.4 Å². The van der Waals surface area contributed by atoms with Crippen molar-refractivity contribution in [2.45, 2.75) is 52.1 Å². The predicted octanol–water partition coefficient (Wildman–Crippen LogP) is 5.20. The van der Waals surface area contributed by atoms with E-state index in [9.17, 15) is 14.7 Å². The molecule has 0 saturated carbocycles. The molecule has 0 bridgehead atoms. The SMILES string of the molecule is CC[C@@]1(C(=O)O)CCN(C(=O)OC(C)(C)C)C[C@@H]1c1ccc(Cl)c(Cl)c1. The van der Waals surface area contributed by atoms with Gasteiger partial charge in [-0.25, -0.2) is 4.79 Å². The van der Waals surface area contributed by atoms with Crippen molar-refractivity contribution in [1.82, 2.24) is 4.90 Å². The average molecular weight is 402 g/mol. The Morgan fingerprint density at radius 3 is 2.46 bits per heavy atom. The molecule has 1 N–H and O–H groups in total. The summed E-state index contributed by atoms with van der Waals surface area (Å²) in [5, 5.41) is 10.7. The molecular weight excluding hydrogens is 377 g/mol. The highest BCUT2D eigenvalue weighted by Gasteiger charge is 2.49. The Bertz CT molecular complexity index is 701. The molecule has 1 aromatic carbocycles. The maximum absolute atomic E-state index is 12.5. The molecule has 0 aliphatic carbocycles. The van der Waals surface area contributed by atoms with E-state index < -0.39 is 29.0 Å². The molecule has 1 aromatic rings. The number of nitrogens with zero attached hydrogens (tertiary/aromatic N) is 1. The number of likely N-dealkylation sites (tertiary alicyclic amines) is 1. The molecular formula is C19H25Cl2NO4. The van der Waals surface area contributed by atoms with Crippen LogP contribution in [0, 0.1) is 5.41 Å². The molecule has 1 heterocycles. The van der Waals surface area contributed by atoms with Crippen LogP contribution in [-0.2, 0) is 9.53 Å². The van der Waals surface area contributed by atoms with Crippen molar-refractivity contribution in [2.24, 2.45) is 5.41 Å². The van der Waals surface area contributed by atoms with Gasteiger partial charge < -0.3 is 14.7 Å². The van der Waals surface area contributed by atoms with E-state index in [1.807, 2.05) is 6.92 Å². The first-order valence-electron chi connectivity index (χ1n) is 8.66. The predicted molar refractivity (Wildman–Crippen MR) is 102 cm³/mol. The zero-order chi connectivity index (χ0) is 19.7. The summed E-state index contributed by atoms with van der Waals surface area (Å²) in [5.74, 6) is -1.26. The third kappa shape index (κ3) is 4.26. The smallest absolute Gasteiger partial charge is 0.410 e. The quantitative estimate of drug-likeness (QED) is 0.755. The van der Waals surface area contributed by atoms with Crippen molar-refractivity contribution in [2.75, 3.05) is 13.1 Å². The minimum atomic E-state index is -0.963. The van der Waals surface area contributed by atoms with Gasteiger partial charge >= 0.3 is 12.1 Å². The third-order valence-corrected chi connectivity index (χ3v) is 5.69. The number of piperidine rings is 1. The van der Waals surface area contributed by atoms with Crippen LogP contribution in [0.5, 0.6) is 0 Å². The maximum atomic E-state index is 12.5. The molecule has 1 fully saturated rings. The third-order valence-electron chi connectivity index (χ3n) is 4.95. The largest absolute Gasteiger partial charge is 0.481 e. The number of halogens is 2. The first kappa shape index (κ1) is 20.8. The second-order valence-electron chi connectivity index (χ2n) is 7.72. The van der Waals surface area contributed by atoms with Crippen LogP contribution < -0.4 is 0 Å². The number of hydrogen-bond acceptors (Lipinski definition) is 3. The van der Waals surface area contributed by atoms with E-state index in [0.717, 1.165) is 5.56 Å². The first-order chi connectivity index (χ1) is 12.0. The zero-order valence-electron chi connectivity index (χ0n) is 15.5. The molecule has 7 heteroatoms. The van der Waals surface area contributed by atoms with E-state index in [1.54, 1.807) is 43.9 Å². The van der Waals surface area contributed by atoms with Gasteiger partial charge in [-0.15, -0.1) is 0 Å². The molecule has 1 aliphatic heterocycles. The summed E-state index contributed by atoms with van der Waals surface area (Å²) in [4.78, 5) is 26.2. The van der Waals surface area contributed by atoms with Crippen LogP contribution in [0.2, 0.25) is 10.0 Å². The first-order valence-corrected chi connectivity index (χ1v) is 9.42. The van der Waals surface area contributed by atoms with Crippen LogP contribution in [0.3, 0.4) is 0 Å². The van der Waals surface area contributed by atoms with E-state index in [2.05, 4.69) is 0 Å². The lowest BCUT2D eigenvalue weighted by Gasteiger charge is -2.45. The second kappa shape index (κ2) is 7.65. The van der Waals surface area contributed by atoms with Gasteiger partial charge in [0.2, 0.25) is 0 Å². The number of rotatable bonds is 3. The van der Waals surface area contributed by atoms with E-state index >= 15 is 0 Å². The lowest BCUT2D eigenvalue weighted by molar-refractivity contribution is -0.154. The molecule has 1 saturated heterocycles. The summed E-state index contributed by atoms with van der Waals surface area (Å²) in [7, 11) is 0. The van der Waals surface area contributed by atoms with Crippen LogP contribution in [-0.4, -0.2) is 40.8 Å². The summed E-state index contributed by atoms with van der Waals surface area (Å²) in [6.07, 6.45) is 0.371. The van der Waals surface area contributed by atoms with E-state index in [4.69, 9.17) is 27.9 Å². The molecule has 26 heavy (non-hydrogen) atoms. The molecule has 2 atom stereocenters. The van der Waals surface area contributed by atoms with Crippen molar-refractivity contribution in [3.8, 4) is 0 Å². The topological polar surface area (TPSA) is 66.8 Å². The van der Waals surface area contributed by atoms with Gasteiger partial charge in [-0.2, -0.15) is 0 Å². The fourth-order valence-electron chi connectivity index (χ4n) is 3.47. The minimum Gasteiger partial charge on any atom is -0.481 e. The van der Waals surface area contributed by atoms with Crippen molar-refractivity contribution >= 4 is 35.3 Å². The molecule has 0 radical (unpaired) electrons. The summed E-state index contributed by atoms with van der Waals surface area (Å²) in [6, 6.07) is 5.14. The van der Waals surface area contributed by atoms with Crippen LogP contribution in [0.15, 0.2) is 18.2 Å². The lowest BCUT2D eigenvalue weighted by Crippen LogP contribution is -2.52. The van der Waals surface area contributed by atoms with Crippen LogP contribution in [0.25, 0.3) is 0 Å². The van der Waals surface area contributed by atoms with Crippen molar-refractivity contribution in [3.05, 3.63) is 33.8 Å². The fourth-order valence-corrected chi connectivity index (χ4v) is 3.78. The monoisotopic (exact) mass is 401 g/mol. The number of hydrogen-bond donors (Lipinski definition) is 1. The number of carboxylic acids is 1. The Morgan fingerprint density at radius 1 is 1.31 bits per heavy atom. The highest BCUT2D eigenvalue weighted by atomic mass is 35.5. The van der Waals surface area contributed by atoms with Crippen LogP contribution in [0.4, 0.5) is 4.79 Å². The fraction of sp³-hybridized carbons (Fsp3) is 0.579. The summed E-state index contributed by atoms with van der Waals surface area (Å²) in [5.41, 5.74) is -0.810. The summed E-state index contributed by atoms with van der Waals surface area (Å²) in [6.45, 7) is 7.87. The number of carbonyl (C=O) groups is 2. The van der Waals surface area contributed by atoms with Crippen molar-refractivity contribution < 1.29 is 19.4 Å². The van der Waals surface area contributed by atoms with Crippen LogP contribution >= 0.6 is 23.2 Å². The number of carbonyl (C=O) groups excluding carboxylic acids is 1. The van der Waals surface area contributed by atoms with Gasteiger partial charge in [0.1, 0.15) is 5.60 Å². The number of carboxylic acid groups (broad SMARTS) is 1. The Hall–Kier alpha value is -1.46. The highest BCUT2D eigenvalue weighted by molar-refractivity contribution is 6.42. The lowest BCUT2D eigenvalue weighted by atomic mass is 9.66. The van der Waals surface area contributed by atoms with Gasteiger partial charge in [0.15, 0.2) is 0 Å². The molecule has 0 aromatic heterocycles. The van der Waals surface area contributed by atoms with Gasteiger partial charge in [0.05, 0.1) is 15.5 Å². The van der Waals surface area contributed by atoms with Gasteiger partial charge in [0, 0.05) is 19.0 Å². The van der Waals surface area contributed by atoms with Gasteiger partial charge in [-0.05, 0) is 51.3 Å². The normalized spacial score (nSPS) is 23.6. The van der Waals surface area contributed by atoms with Crippen LogP contribution in [0.1, 0.15) is 52.0 Å². The summed E-state index contributed by atoms with van der Waals surface area (Å²) < 4.78 is 5.46. The summed E-state index contributed by atoms with van der Waals surface area (Å²) >= 11 is 12.2. The van der Waals surface area contributed by atoms with Gasteiger partial charge in [0.25, 0.3) is 0 Å². The van der Waals surface area contributed by atoms with Crippen molar-refractivity contribution in [1.29, 1.82) is 0 Å². The second-order valence-corrected chi connectivity index (χ2v) is 8.53. The van der Waals surface area contributed by atoms with Gasteiger partial charge in [-0.1, -0.05) is 36.2 Å². The molecule has 1 amide bonds. The minimum absolute atomic E-state index is 0.257. The molecule has 5 nitrogen and oxygen atoms in total. The zero-order valence-corrected chi connectivity index (χ0v) is 17.0. The molecule has 144 valence electrons. The van der Waals surface area contributed by atoms with E-state index in [-0.39, 0.29) is 6.54 Å². The Kier molecular flexibility index (Phi) is 6.13. The number of ether oxygens (including phenoxy) is 1. The average Bonchev–Trinajstić information content (AvgIpc) is 2.55. The van der Waals surface area contributed by atoms with E-state index in [1.165, 1.54) is 0 Å². The molecule has 0 unspecified atom stereocenters. The maximum Gasteiger partial charge on any atom is 0.410 e. The highest BCUT2D eigenvalue weighted by Crippen LogP contribution is 2.47. The van der Waals surface area contributed by atoms with Crippen molar-refractivity contribution in [3.63, 3.8) is 0 Å². The molecule has 2 rings (SSSR count). The standard InChI is InChI=1S/C19H25Cl2NO4/c1-5-19(16(23)24)8-9-22(17(25)26-18(2,3)4)11-13(19)12-6-7-14(20)15(21)10-12/h6-7,10,13H,5,8-9,11H2,1-4H3,(H,23,24)/t13-,19-/m1/s1.